The third-order valence-electron chi connectivity index (χ3n) is 3.36. The number of rotatable bonds is 11. The van der Waals surface area contributed by atoms with E-state index in [-0.39, 0.29) is 6.10 Å². The predicted molar refractivity (Wildman–Crippen MR) is 77.2 cm³/mol. The molecule has 1 saturated heterocycles. The monoisotopic (exact) mass is 282 g/mol. The van der Waals surface area contributed by atoms with Gasteiger partial charge in [-0.25, -0.2) is 4.79 Å². The molecule has 20 heavy (non-hydrogen) atoms. The van der Waals surface area contributed by atoms with Gasteiger partial charge in [0.25, 0.3) is 0 Å². The van der Waals surface area contributed by atoms with Crippen LogP contribution in [0.2, 0.25) is 0 Å². The van der Waals surface area contributed by atoms with Crippen LogP contribution in [0.3, 0.4) is 0 Å². The molecule has 1 unspecified atom stereocenters. The van der Waals surface area contributed by atoms with E-state index in [0.29, 0.717) is 25.0 Å². The van der Waals surface area contributed by atoms with E-state index in [4.69, 9.17) is 9.47 Å². The number of unbranched alkanes of at least 4 members (excludes halogenated alkanes) is 6. The highest BCUT2D eigenvalue weighted by molar-refractivity contribution is 5.95. The third kappa shape index (κ3) is 8.10. The normalized spacial score (nSPS) is 16.8. The number of esters is 2. The van der Waals surface area contributed by atoms with Crippen LogP contribution in [0.25, 0.3) is 0 Å². The summed E-state index contributed by atoms with van der Waals surface area (Å²) >= 11 is 0. The van der Waals surface area contributed by atoms with Gasteiger partial charge in [0.2, 0.25) is 0 Å². The van der Waals surface area contributed by atoms with Crippen molar-refractivity contribution in [3.8, 4) is 0 Å². The Labute approximate surface area is 121 Å². The fourth-order valence-corrected chi connectivity index (χ4v) is 2.00. The van der Waals surface area contributed by atoms with E-state index in [1.54, 1.807) is 0 Å². The van der Waals surface area contributed by atoms with E-state index in [1.165, 1.54) is 25.7 Å². The highest BCUT2D eigenvalue weighted by Gasteiger charge is 2.26. The van der Waals surface area contributed by atoms with Gasteiger partial charge in [-0.1, -0.05) is 52.0 Å². The van der Waals surface area contributed by atoms with Crippen LogP contribution in [0.4, 0.5) is 0 Å². The van der Waals surface area contributed by atoms with Crippen LogP contribution < -0.4 is 0 Å². The zero-order valence-corrected chi connectivity index (χ0v) is 12.5. The van der Waals surface area contributed by atoms with Gasteiger partial charge >= 0.3 is 11.9 Å². The van der Waals surface area contributed by atoms with E-state index in [9.17, 15) is 9.59 Å². The molecule has 1 fully saturated rings. The van der Waals surface area contributed by atoms with Crippen LogP contribution in [-0.4, -0.2) is 24.6 Å². The molecule has 1 heterocycles. The lowest BCUT2D eigenvalue weighted by Gasteiger charge is -2.04. The zero-order chi connectivity index (χ0) is 14.8. The molecule has 0 N–H and O–H groups in total. The van der Waals surface area contributed by atoms with Crippen LogP contribution in [0.1, 0.15) is 64.7 Å². The second-order valence-electron chi connectivity index (χ2n) is 5.40. The molecule has 1 aliphatic heterocycles. The molecule has 0 saturated carbocycles. The summed E-state index contributed by atoms with van der Waals surface area (Å²) in [5, 5.41) is 0. The lowest BCUT2D eigenvalue weighted by atomic mass is 10.1. The van der Waals surface area contributed by atoms with Crippen LogP contribution in [-0.2, 0) is 19.1 Å². The van der Waals surface area contributed by atoms with Crippen molar-refractivity contribution in [2.45, 2.75) is 70.8 Å². The Morgan fingerprint density at radius 3 is 2.35 bits per heavy atom. The van der Waals surface area contributed by atoms with Gasteiger partial charge in [-0.2, -0.15) is 0 Å². The van der Waals surface area contributed by atoms with Gasteiger partial charge in [0, 0.05) is 18.4 Å². The number of carbonyl (C=O) groups is 2. The van der Waals surface area contributed by atoms with Crippen LogP contribution >= 0.6 is 0 Å². The lowest BCUT2D eigenvalue weighted by Crippen LogP contribution is -2.14. The summed E-state index contributed by atoms with van der Waals surface area (Å²) in [5.41, 5.74) is 0.320. The van der Waals surface area contributed by atoms with E-state index >= 15 is 0 Å². The van der Waals surface area contributed by atoms with Crippen LogP contribution in [0.5, 0.6) is 0 Å². The number of ether oxygens (including phenoxy) is 2. The molecule has 114 valence electrons. The Morgan fingerprint density at radius 1 is 1.15 bits per heavy atom. The summed E-state index contributed by atoms with van der Waals surface area (Å²) in [7, 11) is 0. The summed E-state index contributed by atoms with van der Waals surface area (Å²) in [6.45, 7) is 6.47. The average molecular weight is 282 g/mol. The minimum absolute atomic E-state index is 0.0910. The maximum atomic E-state index is 11.5. The smallest absolute Gasteiger partial charge is 0.341 e. The topological polar surface area (TPSA) is 55.9 Å². The number of epoxide rings is 1. The van der Waals surface area contributed by atoms with Crippen molar-refractivity contribution >= 4 is 11.9 Å². The van der Waals surface area contributed by atoms with Crippen molar-refractivity contribution in [2.75, 3.05) is 6.61 Å². The fourth-order valence-electron chi connectivity index (χ4n) is 2.00. The van der Waals surface area contributed by atoms with E-state index in [2.05, 4.69) is 13.5 Å². The van der Waals surface area contributed by atoms with Gasteiger partial charge in [0.1, 0.15) is 0 Å². The summed E-state index contributed by atoms with van der Waals surface area (Å²) in [4.78, 5) is 23.0. The molecular weight excluding hydrogens is 256 g/mol. The molecular formula is C16H26O4. The Morgan fingerprint density at radius 2 is 1.75 bits per heavy atom. The molecule has 1 rings (SSSR count). The van der Waals surface area contributed by atoms with E-state index < -0.39 is 11.9 Å². The van der Waals surface area contributed by atoms with Gasteiger partial charge in [0.05, 0.1) is 12.7 Å². The maximum absolute atomic E-state index is 11.5. The fraction of sp³-hybridized carbons (Fsp3) is 0.750. The second-order valence-corrected chi connectivity index (χ2v) is 5.40. The Kier molecular flexibility index (Phi) is 8.19. The van der Waals surface area contributed by atoms with Crippen molar-refractivity contribution in [1.82, 2.24) is 0 Å². The molecule has 1 atom stereocenters. The van der Waals surface area contributed by atoms with Crippen molar-refractivity contribution in [3.05, 3.63) is 12.2 Å². The lowest BCUT2D eigenvalue weighted by molar-refractivity contribution is -0.157. The number of hydrogen-bond acceptors (Lipinski definition) is 4. The third-order valence-corrected chi connectivity index (χ3v) is 3.36. The molecule has 0 aromatic heterocycles. The predicted octanol–water partition coefficient (Wildman–Crippen LogP) is 3.54. The van der Waals surface area contributed by atoms with Gasteiger partial charge in [-0.15, -0.1) is 0 Å². The summed E-state index contributed by atoms with van der Waals surface area (Å²) < 4.78 is 9.75. The Bertz CT molecular complexity index is 331. The Balaban J connectivity index is 1.98. The summed E-state index contributed by atoms with van der Waals surface area (Å²) in [6, 6.07) is 0. The first-order chi connectivity index (χ1) is 9.63. The molecule has 0 spiro atoms. The van der Waals surface area contributed by atoms with Crippen molar-refractivity contribution in [1.29, 1.82) is 0 Å². The molecule has 0 bridgehead atoms. The molecule has 1 aliphatic rings. The molecule has 4 heteroatoms. The van der Waals surface area contributed by atoms with Gasteiger partial charge in [-0.05, 0) is 6.42 Å². The highest BCUT2D eigenvalue weighted by atomic mass is 16.6. The Hall–Kier alpha value is -1.16. The highest BCUT2D eigenvalue weighted by Crippen LogP contribution is 2.19. The SMILES string of the molecule is C=C(CC1CO1)C(=O)OC(=O)CCCCCCCCC. The quantitative estimate of drug-likeness (QED) is 0.191. The largest absolute Gasteiger partial charge is 0.390 e. The minimum atomic E-state index is -0.603. The number of hydrogen-bond donors (Lipinski definition) is 0. The molecule has 0 aromatic carbocycles. The molecule has 0 aliphatic carbocycles. The van der Waals surface area contributed by atoms with Crippen LogP contribution in [0, 0.1) is 0 Å². The second kappa shape index (κ2) is 9.70. The maximum Gasteiger partial charge on any atom is 0.341 e. The van der Waals surface area contributed by atoms with Crippen molar-refractivity contribution in [2.24, 2.45) is 0 Å². The molecule has 0 amide bonds. The first kappa shape index (κ1) is 16.9. The van der Waals surface area contributed by atoms with Gasteiger partial charge in [-0.3, -0.25) is 4.79 Å². The van der Waals surface area contributed by atoms with Crippen LogP contribution in [0.15, 0.2) is 12.2 Å². The van der Waals surface area contributed by atoms with Gasteiger partial charge in [0.15, 0.2) is 0 Å². The first-order valence-electron chi connectivity index (χ1n) is 7.68. The average Bonchev–Trinajstić information content (AvgIpc) is 3.21. The van der Waals surface area contributed by atoms with E-state index in [0.717, 1.165) is 19.3 Å². The number of carbonyl (C=O) groups excluding carboxylic acids is 2. The standard InChI is InChI=1S/C16H26O4/c1-3-4-5-6-7-8-9-10-15(17)20-16(18)13(2)11-14-12-19-14/h14H,2-12H2,1H3. The first-order valence-corrected chi connectivity index (χ1v) is 7.68. The minimum Gasteiger partial charge on any atom is -0.390 e. The molecule has 0 radical (unpaired) electrons. The summed E-state index contributed by atoms with van der Waals surface area (Å²) in [5.74, 6) is -1.05. The zero-order valence-electron chi connectivity index (χ0n) is 12.5. The molecule has 4 nitrogen and oxygen atoms in total. The summed E-state index contributed by atoms with van der Waals surface area (Å²) in [6.07, 6.45) is 8.83. The van der Waals surface area contributed by atoms with Gasteiger partial charge < -0.3 is 9.47 Å². The molecule has 0 aromatic rings. The van der Waals surface area contributed by atoms with Crippen molar-refractivity contribution in [3.63, 3.8) is 0 Å². The van der Waals surface area contributed by atoms with Crippen molar-refractivity contribution < 1.29 is 19.1 Å². The van der Waals surface area contributed by atoms with E-state index in [1.807, 2.05) is 0 Å².